The van der Waals surface area contributed by atoms with Crippen LogP contribution in [0, 0.1) is 0 Å². The molecule has 0 aliphatic rings. The molecule has 0 atom stereocenters. The highest BCUT2D eigenvalue weighted by Gasteiger charge is 2.21. The number of aromatic nitrogens is 2. The second-order valence-corrected chi connectivity index (χ2v) is 5.55. The third kappa shape index (κ3) is 4.07. The van der Waals surface area contributed by atoms with Crippen LogP contribution in [0.2, 0.25) is 0 Å². The van der Waals surface area contributed by atoms with Gasteiger partial charge in [-0.05, 0) is 26.2 Å². The molecule has 0 amide bonds. The van der Waals surface area contributed by atoms with Crippen LogP contribution in [0.3, 0.4) is 0 Å². The van der Waals surface area contributed by atoms with Crippen LogP contribution in [0.25, 0.3) is 0 Å². The summed E-state index contributed by atoms with van der Waals surface area (Å²) < 4.78 is 0. The van der Waals surface area contributed by atoms with Crippen LogP contribution in [0.5, 0.6) is 0 Å². The number of aliphatic hydroxyl groups excluding tert-OH is 1. The van der Waals surface area contributed by atoms with Crippen molar-refractivity contribution in [3.05, 3.63) is 11.9 Å². The minimum absolute atomic E-state index is 0.122. The van der Waals surface area contributed by atoms with Gasteiger partial charge >= 0.3 is 0 Å². The first kappa shape index (κ1) is 16.7. The largest absolute Gasteiger partial charge is 0.395 e. The molecule has 0 saturated carbocycles. The monoisotopic (exact) mass is 280 g/mol. The lowest BCUT2D eigenvalue weighted by molar-refractivity contribution is 0.298. The maximum Gasteiger partial charge on any atom is 0.137 e. The van der Waals surface area contributed by atoms with Crippen LogP contribution in [0.15, 0.2) is 6.33 Å². The molecule has 0 spiro atoms. The fraction of sp³-hybridized carbons (Fsp3) is 0.733. The molecular formula is C15H28N4O. The average molecular weight is 280 g/mol. The molecule has 0 aliphatic heterocycles. The predicted octanol–water partition coefficient (Wildman–Crippen LogP) is 2.63. The van der Waals surface area contributed by atoms with Crippen molar-refractivity contribution in [2.75, 3.05) is 29.9 Å². The van der Waals surface area contributed by atoms with Crippen molar-refractivity contribution in [1.29, 1.82) is 0 Å². The molecule has 0 aliphatic carbocycles. The molecule has 20 heavy (non-hydrogen) atoms. The van der Waals surface area contributed by atoms with Gasteiger partial charge in [-0.15, -0.1) is 0 Å². The number of rotatable bonds is 8. The van der Waals surface area contributed by atoms with E-state index < -0.39 is 0 Å². The Morgan fingerprint density at radius 1 is 1.25 bits per heavy atom. The first-order valence-electron chi connectivity index (χ1n) is 7.49. The molecule has 0 saturated heterocycles. The Kier molecular flexibility index (Phi) is 6.71. The maximum atomic E-state index is 9.29. The van der Waals surface area contributed by atoms with Crippen molar-refractivity contribution >= 4 is 11.6 Å². The van der Waals surface area contributed by atoms with Gasteiger partial charge in [0, 0.05) is 24.7 Å². The summed E-state index contributed by atoms with van der Waals surface area (Å²) >= 11 is 0. The molecule has 1 aromatic heterocycles. The van der Waals surface area contributed by atoms with Crippen molar-refractivity contribution in [1.82, 2.24) is 9.97 Å². The zero-order chi connectivity index (χ0) is 15.1. The molecule has 1 rings (SSSR count). The van der Waals surface area contributed by atoms with Crippen LogP contribution < -0.4 is 10.2 Å². The lowest BCUT2D eigenvalue weighted by atomic mass is 10.0. The molecular weight excluding hydrogens is 252 g/mol. The molecule has 5 heteroatoms. The summed E-state index contributed by atoms with van der Waals surface area (Å²) in [5.41, 5.74) is 1.13. The Hall–Kier alpha value is -1.36. The third-order valence-electron chi connectivity index (χ3n) is 3.22. The second-order valence-electron chi connectivity index (χ2n) is 5.55. The number of anilines is 2. The minimum Gasteiger partial charge on any atom is -0.395 e. The highest BCUT2D eigenvalue weighted by Crippen LogP contribution is 2.31. The Balaban J connectivity index is 3.22. The van der Waals surface area contributed by atoms with Gasteiger partial charge in [-0.25, -0.2) is 9.97 Å². The molecule has 5 nitrogen and oxygen atoms in total. The smallest absolute Gasteiger partial charge is 0.137 e. The van der Waals surface area contributed by atoms with E-state index in [-0.39, 0.29) is 12.6 Å². The highest BCUT2D eigenvalue weighted by molar-refractivity contribution is 5.60. The zero-order valence-corrected chi connectivity index (χ0v) is 13.3. The quantitative estimate of drug-likeness (QED) is 0.766. The molecule has 0 radical (unpaired) electrons. The first-order valence-corrected chi connectivity index (χ1v) is 7.49. The third-order valence-corrected chi connectivity index (χ3v) is 3.22. The van der Waals surface area contributed by atoms with E-state index in [1.165, 1.54) is 0 Å². The van der Waals surface area contributed by atoms with E-state index in [2.05, 4.69) is 54.8 Å². The van der Waals surface area contributed by atoms with E-state index in [4.69, 9.17) is 0 Å². The number of nitrogens with zero attached hydrogens (tertiary/aromatic N) is 3. The van der Waals surface area contributed by atoms with E-state index in [1.807, 2.05) is 0 Å². The molecule has 0 aromatic carbocycles. The Morgan fingerprint density at radius 2 is 1.95 bits per heavy atom. The molecule has 114 valence electrons. The van der Waals surface area contributed by atoms with Crippen LogP contribution in [-0.4, -0.2) is 40.8 Å². The van der Waals surface area contributed by atoms with Gasteiger partial charge in [0.05, 0.1) is 6.61 Å². The van der Waals surface area contributed by atoms with E-state index >= 15 is 0 Å². The lowest BCUT2D eigenvalue weighted by Crippen LogP contribution is -2.35. The van der Waals surface area contributed by atoms with Gasteiger partial charge in [-0.3, -0.25) is 0 Å². The molecule has 0 bridgehead atoms. The summed E-state index contributed by atoms with van der Waals surface area (Å²) in [6.45, 7) is 12.3. The van der Waals surface area contributed by atoms with Gasteiger partial charge in [-0.2, -0.15) is 0 Å². The SMILES string of the molecule is CCCNc1ncnc(N(CCO)C(C)C)c1C(C)C. The number of aliphatic hydroxyl groups is 1. The van der Waals surface area contributed by atoms with Gasteiger partial charge in [0.2, 0.25) is 0 Å². The van der Waals surface area contributed by atoms with Crippen molar-refractivity contribution in [2.24, 2.45) is 0 Å². The number of hydrogen-bond donors (Lipinski definition) is 2. The van der Waals surface area contributed by atoms with Gasteiger partial charge in [0.25, 0.3) is 0 Å². The topological polar surface area (TPSA) is 61.3 Å². The second kappa shape index (κ2) is 8.04. The zero-order valence-electron chi connectivity index (χ0n) is 13.3. The molecule has 2 N–H and O–H groups in total. The highest BCUT2D eigenvalue weighted by atomic mass is 16.3. The van der Waals surface area contributed by atoms with Crippen LogP contribution in [-0.2, 0) is 0 Å². The van der Waals surface area contributed by atoms with E-state index in [1.54, 1.807) is 6.33 Å². The van der Waals surface area contributed by atoms with Gasteiger partial charge < -0.3 is 15.3 Å². The van der Waals surface area contributed by atoms with Gasteiger partial charge in [0.1, 0.15) is 18.0 Å². The van der Waals surface area contributed by atoms with Crippen molar-refractivity contribution in [3.8, 4) is 0 Å². The summed E-state index contributed by atoms with van der Waals surface area (Å²) in [6.07, 6.45) is 2.66. The fourth-order valence-corrected chi connectivity index (χ4v) is 2.25. The fourth-order valence-electron chi connectivity index (χ4n) is 2.25. The molecule has 1 heterocycles. The van der Waals surface area contributed by atoms with Gasteiger partial charge in [-0.1, -0.05) is 20.8 Å². The first-order chi connectivity index (χ1) is 9.52. The summed E-state index contributed by atoms with van der Waals surface area (Å²) in [4.78, 5) is 11.0. The summed E-state index contributed by atoms with van der Waals surface area (Å²) in [5, 5.41) is 12.7. The standard InChI is InChI=1S/C15H28N4O/c1-6-7-16-14-13(11(2)3)15(18-10-17-14)19(8-9-20)12(4)5/h10-12,20H,6-9H2,1-5H3,(H,16,17,18). The van der Waals surface area contributed by atoms with Crippen molar-refractivity contribution in [3.63, 3.8) is 0 Å². The maximum absolute atomic E-state index is 9.29. The summed E-state index contributed by atoms with van der Waals surface area (Å²) in [6, 6.07) is 0.286. The summed E-state index contributed by atoms with van der Waals surface area (Å²) in [5.74, 6) is 2.17. The van der Waals surface area contributed by atoms with Crippen LogP contribution in [0.1, 0.15) is 52.5 Å². The molecule has 1 aromatic rings. The molecule has 0 unspecified atom stereocenters. The summed E-state index contributed by atoms with van der Waals surface area (Å²) in [7, 11) is 0. The Bertz CT molecular complexity index is 407. The van der Waals surface area contributed by atoms with Crippen LogP contribution >= 0.6 is 0 Å². The Labute approximate surface area is 122 Å². The average Bonchev–Trinajstić information content (AvgIpc) is 2.41. The normalized spacial score (nSPS) is 11.2. The van der Waals surface area contributed by atoms with Crippen LogP contribution in [0.4, 0.5) is 11.6 Å². The lowest BCUT2D eigenvalue weighted by Gasteiger charge is -2.30. The van der Waals surface area contributed by atoms with E-state index in [0.29, 0.717) is 12.5 Å². The van der Waals surface area contributed by atoms with Crippen molar-refractivity contribution in [2.45, 2.75) is 53.0 Å². The van der Waals surface area contributed by atoms with Crippen molar-refractivity contribution < 1.29 is 5.11 Å². The van der Waals surface area contributed by atoms with E-state index in [9.17, 15) is 5.11 Å². The number of nitrogens with one attached hydrogen (secondary N) is 1. The molecule has 0 fully saturated rings. The predicted molar refractivity (Wildman–Crippen MR) is 84.5 cm³/mol. The number of hydrogen-bond acceptors (Lipinski definition) is 5. The Morgan fingerprint density at radius 3 is 2.45 bits per heavy atom. The van der Waals surface area contributed by atoms with E-state index in [0.717, 1.165) is 30.2 Å². The minimum atomic E-state index is 0.122. The van der Waals surface area contributed by atoms with Gasteiger partial charge in [0.15, 0.2) is 0 Å².